The number of para-hydroxylation sites is 1. The van der Waals surface area contributed by atoms with Gasteiger partial charge in [0.25, 0.3) is 0 Å². The van der Waals surface area contributed by atoms with Crippen LogP contribution in [0.4, 0.5) is 0 Å². The van der Waals surface area contributed by atoms with Gasteiger partial charge in [-0.05, 0) is 41.8 Å². The second-order valence-corrected chi connectivity index (χ2v) is 5.26. The molecule has 0 aliphatic heterocycles. The van der Waals surface area contributed by atoms with E-state index < -0.39 is 0 Å². The van der Waals surface area contributed by atoms with Crippen LogP contribution in [0, 0.1) is 18.3 Å². The van der Waals surface area contributed by atoms with Gasteiger partial charge in [-0.2, -0.15) is 5.26 Å². The highest BCUT2D eigenvalue weighted by Crippen LogP contribution is 2.25. The van der Waals surface area contributed by atoms with Crippen molar-refractivity contribution in [3.63, 3.8) is 0 Å². The number of H-pyrrole nitrogens is 1. The van der Waals surface area contributed by atoms with Gasteiger partial charge in [-0.25, -0.2) is 0 Å². The quantitative estimate of drug-likeness (QED) is 0.715. The zero-order valence-corrected chi connectivity index (χ0v) is 12.3. The number of aliphatic hydroxyl groups excluding tert-OH is 1. The van der Waals surface area contributed by atoms with E-state index >= 15 is 0 Å². The van der Waals surface area contributed by atoms with Gasteiger partial charge >= 0.3 is 0 Å². The van der Waals surface area contributed by atoms with Crippen LogP contribution in [0.1, 0.15) is 22.3 Å². The summed E-state index contributed by atoms with van der Waals surface area (Å²) in [7, 11) is 0. The lowest BCUT2D eigenvalue weighted by atomic mass is 9.99. The minimum Gasteiger partial charge on any atom is -0.392 e. The average molecular weight is 288 g/mol. The number of rotatable bonds is 3. The van der Waals surface area contributed by atoms with Gasteiger partial charge in [0.05, 0.1) is 18.2 Å². The SMILES string of the molecule is Cc1ccc(/C(C#N)=C/c2c[nH]c3ccccc23)cc1CO. The van der Waals surface area contributed by atoms with E-state index in [0.29, 0.717) is 5.57 Å². The number of nitrogens with zero attached hydrogens (tertiary/aromatic N) is 1. The van der Waals surface area contributed by atoms with Crippen molar-refractivity contribution < 1.29 is 5.11 Å². The first kappa shape index (κ1) is 14.1. The van der Waals surface area contributed by atoms with Gasteiger partial charge in [0.1, 0.15) is 0 Å². The Morgan fingerprint density at radius 3 is 2.86 bits per heavy atom. The Balaban J connectivity index is 2.10. The average Bonchev–Trinajstić information content (AvgIpc) is 2.96. The zero-order valence-electron chi connectivity index (χ0n) is 12.3. The molecule has 0 amide bonds. The molecule has 0 saturated carbocycles. The number of aliphatic hydroxyl groups is 1. The van der Waals surface area contributed by atoms with Crippen molar-refractivity contribution in [1.82, 2.24) is 4.98 Å². The molecule has 0 unspecified atom stereocenters. The van der Waals surface area contributed by atoms with E-state index in [1.165, 1.54) is 0 Å². The first-order valence-electron chi connectivity index (χ1n) is 7.11. The normalized spacial score (nSPS) is 11.6. The molecule has 108 valence electrons. The molecule has 1 heterocycles. The van der Waals surface area contributed by atoms with Crippen molar-refractivity contribution in [2.45, 2.75) is 13.5 Å². The van der Waals surface area contributed by atoms with Crippen molar-refractivity contribution in [2.75, 3.05) is 0 Å². The highest BCUT2D eigenvalue weighted by atomic mass is 16.3. The van der Waals surface area contributed by atoms with Crippen molar-refractivity contribution in [1.29, 1.82) is 5.26 Å². The fourth-order valence-corrected chi connectivity index (χ4v) is 2.56. The van der Waals surface area contributed by atoms with Gasteiger partial charge in [-0.3, -0.25) is 0 Å². The van der Waals surface area contributed by atoms with Crippen molar-refractivity contribution in [3.8, 4) is 6.07 Å². The van der Waals surface area contributed by atoms with Crippen molar-refractivity contribution >= 4 is 22.6 Å². The number of hydrogen-bond donors (Lipinski definition) is 2. The lowest BCUT2D eigenvalue weighted by molar-refractivity contribution is 0.281. The minimum atomic E-state index is -0.0224. The Kier molecular flexibility index (Phi) is 3.78. The first-order valence-corrected chi connectivity index (χ1v) is 7.11. The van der Waals surface area contributed by atoms with Crippen LogP contribution in [0.3, 0.4) is 0 Å². The van der Waals surface area contributed by atoms with Crippen LogP contribution < -0.4 is 0 Å². The number of aromatic nitrogens is 1. The predicted octanol–water partition coefficient (Wildman–Crippen LogP) is 4.03. The summed E-state index contributed by atoms with van der Waals surface area (Å²) < 4.78 is 0. The number of hydrogen-bond acceptors (Lipinski definition) is 2. The maximum Gasteiger partial charge on any atom is 0.0998 e. The third-order valence-corrected chi connectivity index (χ3v) is 3.87. The predicted molar refractivity (Wildman–Crippen MR) is 88.9 cm³/mol. The summed E-state index contributed by atoms with van der Waals surface area (Å²) in [6, 6.07) is 16.0. The monoisotopic (exact) mass is 288 g/mol. The summed E-state index contributed by atoms with van der Waals surface area (Å²) in [6.07, 6.45) is 3.79. The molecule has 3 heteroatoms. The van der Waals surface area contributed by atoms with Crippen LogP contribution in [-0.2, 0) is 6.61 Å². The maximum atomic E-state index is 9.49. The highest BCUT2D eigenvalue weighted by molar-refractivity contribution is 5.97. The van der Waals surface area contributed by atoms with E-state index in [2.05, 4.69) is 11.1 Å². The van der Waals surface area contributed by atoms with E-state index in [9.17, 15) is 10.4 Å². The summed E-state index contributed by atoms with van der Waals surface area (Å²) >= 11 is 0. The molecule has 2 aromatic carbocycles. The summed E-state index contributed by atoms with van der Waals surface area (Å²) in [5, 5.41) is 20.0. The molecule has 0 fully saturated rings. The molecule has 0 saturated heterocycles. The van der Waals surface area contributed by atoms with Gasteiger partial charge in [0, 0.05) is 22.7 Å². The number of allylic oxidation sites excluding steroid dienone is 1. The molecule has 2 N–H and O–H groups in total. The van der Waals surface area contributed by atoms with Crippen LogP contribution in [0.25, 0.3) is 22.6 Å². The molecule has 0 radical (unpaired) electrons. The molecule has 0 aliphatic carbocycles. The smallest absolute Gasteiger partial charge is 0.0998 e. The second kappa shape index (κ2) is 5.88. The van der Waals surface area contributed by atoms with E-state index in [4.69, 9.17) is 0 Å². The third-order valence-electron chi connectivity index (χ3n) is 3.87. The minimum absolute atomic E-state index is 0.0224. The number of nitrogens with one attached hydrogen (secondary N) is 1. The standard InChI is InChI=1S/C19H16N2O/c1-13-6-7-14(8-17(13)12-22)15(10-20)9-16-11-21-19-5-3-2-4-18(16)19/h2-9,11,21-22H,12H2,1H3/b15-9+. The lowest BCUT2D eigenvalue weighted by Gasteiger charge is -2.06. The molecular formula is C19H16N2O. The van der Waals surface area contributed by atoms with Crippen LogP contribution in [-0.4, -0.2) is 10.1 Å². The molecular weight excluding hydrogens is 272 g/mol. The van der Waals surface area contributed by atoms with Gasteiger partial charge in [-0.15, -0.1) is 0 Å². The molecule has 1 aromatic heterocycles. The summed E-state index contributed by atoms with van der Waals surface area (Å²) in [5.41, 5.74) is 5.30. The summed E-state index contributed by atoms with van der Waals surface area (Å²) in [5.74, 6) is 0. The van der Waals surface area contributed by atoms with E-state index in [-0.39, 0.29) is 6.61 Å². The summed E-state index contributed by atoms with van der Waals surface area (Å²) in [4.78, 5) is 3.21. The molecule has 22 heavy (non-hydrogen) atoms. The van der Waals surface area contributed by atoms with Gasteiger partial charge in [0.15, 0.2) is 0 Å². The highest BCUT2D eigenvalue weighted by Gasteiger charge is 2.07. The Hall–Kier alpha value is -2.83. The largest absolute Gasteiger partial charge is 0.392 e. The maximum absolute atomic E-state index is 9.49. The van der Waals surface area contributed by atoms with Crippen molar-refractivity contribution in [3.05, 3.63) is 70.9 Å². The van der Waals surface area contributed by atoms with E-state index in [0.717, 1.165) is 33.2 Å². The zero-order chi connectivity index (χ0) is 15.5. The van der Waals surface area contributed by atoms with Crippen LogP contribution in [0.5, 0.6) is 0 Å². The molecule has 0 atom stereocenters. The number of aryl methyl sites for hydroxylation is 1. The molecule has 3 nitrogen and oxygen atoms in total. The van der Waals surface area contributed by atoms with Gasteiger partial charge in [0.2, 0.25) is 0 Å². The Morgan fingerprint density at radius 2 is 2.09 bits per heavy atom. The van der Waals surface area contributed by atoms with Gasteiger partial charge < -0.3 is 10.1 Å². The number of benzene rings is 2. The Morgan fingerprint density at radius 1 is 1.27 bits per heavy atom. The molecule has 0 spiro atoms. The Bertz CT molecular complexity index is 897. The third kappa shape index (κ3) is 2.52. The lowest BCUT2D eigenvalue weighted by Crippen LogP contribution is -1.91. The second-order valence-electron chi connectivity index (χ2n) is 5.26. The molecule has 3 aromatic rings. The molecule has 0 bridgehead atoms. The fourth-order valence-electron chi connectivity index (χ4n) is 2.56. The first-order chi connectivity index (χ1) is 10.7. The van der Waals surface area contributed by atoms with Gasteiger partial charge in [-0.1, -0.05) is 30.3 Å². The summed E-state index contributed by atoms with van der Waals surface area (Å²) in [6.45, 7) is 1.93. The number of fused-ring (bicyclic) bond motifs is 1. The molecule has 3 rings (SSSR count). The van der Waals surface area contributed by atoms with Crippen LogP contribution in [0.15, 0.2) is 48.7 Å². The van der Waals surface area contributed by atoms with Crippen LogP contribution >= 0.6 is 0 Å². The Labute approximate surface area is 129 Å². The van der Waals surface area contributed by atoms with Crippen molar-refractivity contribution in [2.24, 2.45) is 0 Å². The topological polar surface area (TPSA) is 59.8 Å². The fraction of sp³-hybridized carbons (Fsp3) is 0.105. The number of aromatic amines is 1. The molecule has 0 aliphatic rings. The number of nitriles is 1. The van der Waals surface area contributed by atoms with E-state index in [1.54, 1.807) is 0 Å². The van der Waals surface area contributed by atoms with E-state index in [1.807, 2.05) is 61.7 Å². The van der Waals surface area contributed by atoms with Crippen LogP contribution in [0.2, 0.25) is 0 Å².